The van der Waals surface area contributed by atoms with Gasteiger partial charge in [-0.25, -0.2) is 4.68 Å². The second-order valence-corrected chi connectivity index (χ2v) is 5.71. The molecule has 0 aliphatic heterocycles. The van der Waals surface area contributed by atoms with Crippen molar-refractivity contribution >= 4 is 23.2 Å². The largest absolute Gasteiger partial charge is 0.433 e. The van der Waals surface area contributed by atoms with Gasteiger partial charge < -0.3 is 5.32 Å². The predicted molar refractivity (Wildman–Crippen MR) is 87.9 cm³/mol. The molecule has 134 valence electrons. The minimum absolute atomic E-state index is 0.00529. The van der Waals surface area contributed by atoms with E-state index >= 15 is 0 Å². The Morgan fingerprint density at radius 2 is 1.65 bits per heavy atom. The maximum Gasteiger partial charge on any atom is 0.433 e. The molecule has 0 spiro atoms. The Labute approximate surface area is 150 Å². The molecule has 9 heteroatoms. The third kappa shape index (κ3) is 3.85. The van der Waals surface area contributed by atoms with Crippen LogP contribution < -0.4 is 5.32 Å². The fourth-order valence-corrected chi connectivity index (χ4v) is 2.37. The molecular weight excluding hydrogens is 374 g/mol. The summed E-state index contributed by atoms with van der Waals surface area (Å²) in [7, 11) is 0. The Balaban J connectivity index is 1.81. The highest BCUT2D eigenvalue weighted by Crippen LogP contribution is 2.31. The summed E-state index contributed by atoms with van der Waals surface area (Å²) in [4.78, 5) is 12.1. The standard InChI is InChI=1S/C17H10ClF4N3O/c18-11-3-1-10(2-4-11)16(26)23-12-5-7-13(8-6-12)25-14(17(20,21)22)9-15(19)24-25/h1-9H,(H,23,26). The molecule has 3 rings (SSSR count). The molecule has 0 radical (unpaired) electrons. The van der Waals surface area contributed by atoms with Crippen LogP contribution >= 0.6 is 11.6 Å². The second kappa shape index (κ2) is 6.80. The zero-order valence-corrected chi connectivity index (χ0v) is 13.6. The fraction of sp³-hybridized carbons (Fsp3) is 0.0588. The number of rotatable bonds is 3. The minimum Gasteiger partial charge on any atom is -0.322 e. The topological polar surface area (TPSA) is 46.9 Å². The lowest BCUT2D eigenvalue weighted by Gasteiger charge is -2.11. The lowest BCUT2D eigenvalue weighted by Crippen LogP contribution is -2.14. The maximum absolute atomic E-state index is 13.2. The first-order chi connectivity index (χ1) is 12.2. The summed E-state index contributed by atoms with van der Waals surface area (Å²) in [5.74, 6) is -1.65. The number of amides is 1. The van der Waals surface area contributed by atoms with Gasteiger partial charge in [0.2, 0.25) is 5.95 Å². The maximum atomic E-state index is 13.2. The quantitative estimate of drug-likeness (QED) is 0.651. The Kier molecular flexibility index (Phi) is 4.69. The van der Waals surface area contributed by atoms with E-state index < -0.39 is 23.7 Å². The van der Waals surface area contributed by atoms with E-state index in [0.29, 0.717) is 27.0 Å². The molecule has 26 heavy (non-hydrogen) atoms. The number of nitrogens with zero attached hydrogens (tertiary/aromatic N) is 2. The smallest absolute Gasteiger partial charge is 0.322 e. The minimum atomic E-state index is -4.75. The number of halogens is 5. The van der Waals surface area contributed by atoms with Crippen LogP contribution in [0.25, 0.3) is 5.69 Å². The van der Waals surface area contributed by atoms with Crippen molar-refractivity contribution < 1.29 is 22.4 Å². The van der Waals surface area contributed by atoms with E-state index in [1.807, 2.05) is 0 Å². The van der Waals surface area contributed by atoms with Crippen LogP contribution in [0, 0.1) is 5.95 Å². The van der Waals surface area contributed by atoms with Gasteiger partial charge in [-0.05, 0) is 48.5 Å². The van der Waals surface area contributed by atoms with Crippen LogP contribution in [-0.4, -0.2) is 15.7 Å². The molecule has 0 fully saturated rings. The summed E-state index contributed by atoms with van der Waals surface area (Å²) in [6.07, 6.45) is -4.75. The van der Waals surface area contributed by atoms with Crippen molar-refractivity contribution in [1.82, 2.24) is 9.78 Å². The van der Waals surface area contributed by atoms with Crippen LogP contribution in [-0.2, 0) is 6.18 Å². The number of carbonyl (C=O) groups is 1. The molecule has 1 N–H and O–H groups in total. The Morgan fingerprint density at radius 1 is 1.04 bits per heavy atom. The predicted octanol–water partition coefficient (Wildman–Crippen LogP) is 4.94. The molecule has 4 nitrogen and oxygen atoms in total. The van der Waals surface area contributed by atoms with Crippen molar-refractivity contribution in [1.29, 1.82) is 0 Å². The number of hydrogen-bond acceptors (Lipinski definition) is 2. The van der Waals surface area contributed by atoms with Crippen molar-refractivity contribution in [2.75, 3.05) is 5.32 Å². The average Bonchev–Trinajstić information content (AvgIpc) is 2.98. The van der Waals surface area contributed by atoms with Gasteiger partial charge in [-0.3, -0.25) is 4.79 Å². The number of benzene rings is 2. The molecule has 1 heterocycles. The number of hydrogen-bond donors (Lipinski definition) is 1. The first kappa shape index (κ1) is 17.9. The lowest BCUT2D eigenvalue weighted by atomic mass is 10.2. The van der Waals surface area contributed by atoms with Gasteiger partial charge in [-0.1, -0.05) is 11.6 Å². The third-order valence-corrected chi connectivity index (χ3v) is 3.70. The van der Waals surface area contributed by atoms with E-state index in [2.05, 4.69) is 10.4 Å². The SMILES string of the molecule is O=C(Nc1ccc(-n2nc(F)cc2C(F)(F)F)cc1)c1ccc(Cl)cc1. The molecule has 0 aliphatic carbocycles. The summed E-state index contributed by atoms with van der Waals surface area (Å²) in [5.41, 5.74) is -0.500. The van der Waals surface area contributed by atoms with Gasteiger partial charge in [-0.15, -0.1) is 5.10 Å². The summed E-state index contributed by atoms with van der Waals surface area (Å²) >= 11 is 5.75. The molecule has 1 aromatic heterocycles. The molecule has 0 bridgehead atoms. The summed E-state index contributed by atoms with van der Waals surface area (Å²) < 4.78 is 52.4. The second-order valence-electron chi connectivity index (χ2n) is 5.27. The molecular formula is C17H10ClF4N3O. The lowest BCUT2D eigenvalue weighted by molar-refractivity contribution is -0.142. The van der Waals surface area contributed by atoms with Crippen LogP contribution in [0.5, 0.6) is 0 Å². The number of aromatic nitrogens is 2. The summed E-state index contributed by atoms with van der Waals surface area (Å²) in [5, 5.41) is 6.31. The summed E-state index contributed by atoms with van der Waals surface area (Å²) in [6.45, 7) is 0. The number of alkyl halides is 3. The van der Waals surface area contributed by atoms with Gasteiger partial charge in [0.05, 0.1) is 5.69 Å². The highest BCUT2D eigenvalue weighted by molar-refractivity contribution is 6.30. The van der Waals surface area contributed by atoms with E-state index in [1.54, 1.807) is 12.1 Å². The Hall–Kier alpha value is -2.87. The van der Waals surface area contributed by atoms with E-state index in [9.17, 15) is 22.4 Å². The molecule has 1 amide bonds. The average molecular weight is 384 g/mol. The fourth-order valence-electron chi connectivity index (χ4n) is 2.24. The van der Waals surface area contributed by atoms with Crippen molar-refractivity contribution in [3.8, 4) is 5.69 Å². The normalized spacial score (nSPS) is 11.4. The van der Waals surface area contributed by atoms with E-state index in [-0.39, 0.29) is 5.69 Å². The van der Waals surface area contributed by atoms with Crippen molar-refractivity contribution in [2.45, 2.75) is 6.18 Å². The van der Waals surface area contributed by atoms with Crippen LogP contribution in [0.15, 0.2) is 54.6 Å². The first-order valence-corrected chi connectivity index (χ1v) is 7.62. The van der Waals surface area contributed by atoms with Crippen LogP contribution in [0.4, 0.5) is 23.2 Å². The van der Waals surface area contributed by atoms with Crippen LogP contribution in [0.1, 0.15) is 16.1 Å². The van der Waals surface area contributed by atoms with Crippen LogP contribution in [0.2, 0.25) is 5.02 Å². The third-order valence-electron chi connectivity index (χ3n) is 3.45. The number of carbonyl (C=O) groups excluding carboxylic acids is 1. The van der Waals surface area contributed by atoms with E-state index in [4.69, 9.17) is 11.6 Å². The Morgan fingerprint density at radius 3 is 2.23 bits per heavy atom. The highest BCUT2D eigenvalue weighted by Gasteiger charge is 2.36. The first-order valence-electron chi connectivity index (χ1n) is 7.24. The molecule has 0 saturated carbocycles. The molecule has 0 aliphatic rings. The van der Waals surface area contributed by atoms with Gasteiger partial charge in [0.15, 0.2) is 5.69 Å². The molecule has 2 aromatic carbocycles. The zero-order valence-electron chi connectivity index (χ0n) is 12.9. The summed E-state index contributed by atoms with van der Waals surface area (Å²) in [6, 6.07) is 11.9. The van der Waals surface area contributed by atoms with Crippen molar-refractivity contribution in [2.24, 2.45) is 0 Å². The van der Waals surface area contributed by atoms with E-state index in [0.717, 1.165) is 0 Å². The molecule has 3 aromatic rings. The van der Waals surface area contributed by atoms with Gasteiger partial charge in [0, 0.05) is 22.3 Å². The zero-order chi connectivity index (χ0) is 18.9. The molecule has 0 saturated heterocycles. The van der Waals surface area contributed by atoms with Crippen LogP contribution in [0.3, 0.4) is 0 Å². The van der Waals surface area contributed by atoms with Gasteiger partial charge in [0.25, 0.3) is 5.91 Å². The van der Waals surface area contributed by atoms with Gasteiger partial charge >= 0.3 is 6.18 Å². The van der Waals surface area contributed by atoms with Gasteiger partial charge in [-0.2, -0.15) is 17.6 Å². The molecule has 0 unspecified atom stereocenters. The van der Waals surface area contributed by atoms with E-state index in [1.165, 1.54) is 36.4 Å². The highest BCUT2D eigenvalue weighted by atomic mass is 35.5. The molecule has 0 atom stereocenters. The Bertz CT molecular complexity index is 934. The van der Waals surface area contributed by atoms with Crippen molar-refractivity contribution in [3.63, 3.8) is 0 Å². The van der Waals surface area contributed by atoms with Gasteiger partial charge in [0.1, 0.15) is 0 Å². The number of anilines is 1. The number of nitrogens with one attached hydrogen (secondary N) is 1. The van der Waals surface area contributed by atoms with Crippen molar-refractivity contribution in [3.05, 3.63) is 76.8 Å². The monoisotopic (exact) mass is 383 g/mol.